The van der Waals surface area contributed by atoms with Crippen molar-refractivity contribution in [2.24, 2.45) is 5.92 Å². The molecule has 0 aromatic heterocycles. The standard InChI is InChI=1S/C15H18Cl2O2/c1-19-14-9-12(16)11(8-13(14)17)15(18)10-6-4-2-3-5-7-10/h8-10H,2-7H2,1H3. The quantitative estimate of drug-likeness (QED) is 0.569. The zero-order valence-corrected chi connectivity index (χ0v) is 12.6. The molecular weight excluding hydrogens is 283 g/mol. The van der Waals surface area contributed by atoms with Crippen LogP contribution < -0.4 is 4.74 Å². The summed E-state index contributed by atoms with van der Waals surface area (Å²) in [5, 5.41) is 0.861. The molecule has 1 aromatic rings. The van der Waals surface area contributed by atoms with E-state index in [1.165, 1.54) is 20.0 Å². The second-order valence-corrected chi connectivity index (χ2v) is 5.83. The fraction of sp³-hybridized carbons (Fsp3) is 0.533. The van der Waals surface area contributed by atoms with Gasteiger partial charge in [0.25, 0.3) is 0 Å². The summed E-state index contributed by atoms with van der Waals surface area (Å²) in [7, 11) is 1.53. The Kier molecular flexibility index (Phi) is 5.12. The van der Waals surface area contributed by atoms with Crippen LogP contribution in [0.4, 0.5) is 0 Å². The predicted molar refractivity (Wildman–Crippen MR) is 78.5 cm³/mol. The molecule has 0 atom stereocenters. The van der Waals surface area contributed by atoms with E-state index in [0.717, 1.165) is 25.7 Å². The van der Waals surface area contributed by atoms with E-state index in [2.05, 4.69) is 0 Å². The van der Waals surface area contributed by atoms with Crippen molar-refractivity contribution in [3.63, 3.8) is 0 Å². The molecule has 0 heterocycles. The molecule has 104 valence electrons. The Hall–Kier alpha value is -0.730. The molecule has 1 saturated carbocycles. The van der Waals surface area contributed by atoms with Crippen molar-refractivity contribution >= 4 is 29.0 Å². The largest absolute Gasteiger partial charge is 0.495 e. The Labute approximate surface area is 124 Å². The number of ether oxygens (including phenoxy) is 1. The number of benzene rings is 1. The summed E-state index contributed by atoms with van der Waals surface area (Å²) in [5.74, 6) is 0.713. The van der Waals surface area contributed by atoms with Crippen LogP contribution in [0.2, 0.25) is 10.0 Å². The van der Waals surface area contributed by atoms with Gasteiger partial charge in [-0.25, -0.2) is 0 Å². The smallest absolute Gasteiger partial charge is 0.167 e. The van der Waals surface area contributed by atoms with Crippen LogP contribution in [0.5, 0.6) is 5.75 Å². The molecule has 0 radical (unpaired) electrons. The van der Waals surface area contributed by atoms with Gasteiger partial charge in [-0.05, 0) is 18.9 Å². The highest BCUT2D eigenvalue weighted by molar-refractivity contribution is 6.36. The van der Waals surface area contributed by atoms with Gasteiger partial charge in [-0.2, -0.15) is 0 Å². The van der Waals surface area contributed by atoms with Gasteiger partial charge in [0.05, 0.1) is 17.2 Å². The third-order valence-electron chi connectivity index (χ3n) is 3.73. The maximum absolute atomic E-state index is 12.5. The van der Waals surface area contributed by atoms with E-state index >= 15 is 0 Å². The van der Waals surface area contributed by atoms with E-state index in [4.69, 9.17) is 27.9 Å². The molecule has 19 heavy (non-hydrogen) atoms. The average molecular weight is 301 g/mol. The van der Waals surface area contributed by atoms with Gasteiger partial charge in [-0.3, -0.25) is 4.79 Å². The van der Waals surface area contributed by atoms with E-state index in [1.54, 1.807) is 12.1 Å². The Morgan fingerprint density at radius 1 is 1.11 bits per heavy atom. The van der Waals surface area contributed by atoms with Crippen LogP contribution in [0.15, 0.2) is 12.1 Å². The number of ketones is 1. The van der Waals surface area contributed by atoms with E-state index in [-0.39, 0.29) is 11.7 Å². The number of Topliss-reactive ketones (excluding diaryl/α,β-unsaturated/α-hetero) is 1. The summed E-state index contributed by atoms with van der Waals surface area (Å²) in [6, 6.07) is 3.25. The molecule has 0 N–H and O–H groups in total. The zero-order chi connectivity index (χ0) is 13.8. The number of hydrogen-bond acceptors (Lipinski definition) is 2. The van der Waals surface area contributed by atoms with Crippen LogP contribution in [0, 0.1) is 5.92 Å². The lowest BCUT2D eigenvalue weighted by Gasteiger charge is -2.15. The zero-order valence-electron chi connectivity index (χ0n) is 11.0. The van der Waals surface area contributed by atoms with Gasteiger partial charge in [0.2, 0.25) is 0 Å². The maximum atomic E-state index is 12.5. The molecule has 0 amide bonds. The fourth-order valence-corrected chi connectivity index (χ4v) is 3.12. The summed E-state index contributed by atoms with van der Waals surface area (Å²) in [5.41, 5.74) is 0.527. The molecule has 0 aliphatic heterocycles. The summed E-state index contributed by atoms with van der Waals surface area (Å²) in [6.07, 6.45) is 6.61. The lowest BCUT2D eigenvalue weighted by Crippen LogP contribution is -2.14. The third kappa shape index (κ3) is 3.43. The highest BCUT2D eigenvalue weighted by Gasteiger charge is 2.24. The first-order chi connectivity index (χ1) is 9.13. The van der Waals surface area contributed by atoms with E-state index in [0.29, 0.717) is 21.4 Å². The molecule has 0 unspecified atom stereocenters. The minimum Gasteiger partial charge on any atom is -0.495 e. The molecule has 0 spiro atoms. The fourth-order valence-electron chi connectivity index (χ4n) is 2.64. The lowest BCUT2D eigenvalue weighted by molar-refractivity contribution is 0.0908. The number of halogens is 2. The van der Waals surface area contributed by atoms with Gasteiger partial charge in [0.1, 0.15) is 5.75 Å². The first-order valence-corrected chi connectivity index (χ1v) is 7.46. The molecule has 1 aliphatic rings. The molecule has 0 saturated heterocycles. The maximum Gasteiger partial charge on any atom is 0.167 e. The van der Waals surface area contributed by atoms with Crippen LogP contribution >= 0.6 is 23.2 Å². The van der Waals surface area contributed by atoms with Gasteiger partial charge in [0, 0.05) is 17.5 Å². The monoisotopic (exact) mass is 300 g/mol. The number of carbonyl (C=O) groups excluding carboxylic acids is 1. The number of carbonyl (C=O) groups is 1. The highest BCUT2D eigenvalue weighted by Crippen LogP contribution is 2.34. The topological polar surface area (TPSA) is 26.3 Å². The van der Waals surface area contributed by atoms with Gasteiger partial charge in [0.15, 0.2) is 5.78 Å². The SMILES string of the molecule is COc1cc(Cl)c(C(=O)C2CCCCCC2)cc1Cl. The van der Waals surface area contributed by atoms with Crippen molar-refractivity contribution in [1.29, 1.82) is 0 Å². The highest BCUT2D eigenvalue weighted by atomic mass is 35.5. The van der Waals surface area contributed by atoms with Gasteiger partial charge in [-0.1, -0.05) is 48.9 Å². The Bertz CT molecular complexity index is 463. The number of methoxy groups -OCH3 is 1. The molecule has 1 aliphatic carbocycles. The van der Waals surface area contributed by atoms with Gasteiger partial charge in [-0.15, -0.1) is 0 Å². The number of rotatable bonds is 3. The van der Waals surface area contributed by atoms with Gasteiger partial charge >= 0.3 is 0 Å². The van der Waals surface area contributed by atoms with E-state index in [9.17, 15) is 4.79 Å². The first-order valence-electron chi connectivity index (χ1n) is 6.70. The summed E-state index contributed by atoms with van der Waals surface area (Å²) < 4.78 is 5.10. The van der Waals surface area contributed by atoms with E-state index < -0.39 is 0 Å². The van der Waals surface area contributed by atoms with Gasteiger partial charge < -0.3 is 4.74 Å². The Morgan fingerprint density at radius 3 is 2.32 bits per heavy atom. The van der Waals surface area contributed by atoms with Crippen molar-refractivity contribution in [2.45, 2.75) is 38.5 Å². The normalized spacial score (nSPS) is 17.0. The molecule has 2 rings (SSSR count). The van der Waals surface area contributed by atoms with Crippen molar-refractivity contribution < 1.29 is 9.53 Å². The minimum atomic E-state index is 0.0875. The van der Waals surface area contributed by atoms with E-state index in [1.807, 2.05) is 0 Å². The van der Waals surface area contributed by atoms with Crippen LogP contribution in [0.1, 0.15) is 48.9 Å². The van der Waals surface area contributed by atoms with Crippen LogP contribution in [-0.2, 0) is 0 Å². The summed E-state index contributed by atoms with van der Waals surface area (Å²) >= 11 is 12.3. The second kappa shape index (κ2) is 6.62. The van der Waals surface area contributed by atoms with Crippen LogP contribution in [0.25, 0.3) is 0 Å². The Morgan fingerprint density at radius 2 is 1.74 bits per heavy atom. The molecule has 4 heteroatoms. The molecule has 2 nitrogen and oxygen atoms in total. The lowest BCUT2D eigenvalue weighted by atomic mass is 9.91. The van der Waals surface area contributed by atoms with Crippen molar-refractivity contribution in [3.8, 4) is 5.75 Å². The average Bonchev–Trinajstić information content (AvgIpc) is 2.69. The van der Waals surface area contributed by atoms with Crippen LogP contribution in [-0.4, -0.2) is 12.9 Å². The number of hydrogen-bond donors (Lipinski definition) is 0. The molecule has 1 aromatic carbocycles. The van der Waals surface area contributed by atoms with Crippen LogP contribution in [0.3, 0.4) is 0 Å². The Balaban J connectivity index is 2.25. The summed E-state index contributed by atoms with van der Waals surface area (Å²) in [4.78, 5) is 12.5. The first kappa shape index (κ1) is 14.7. The minimum absolute atomic E-state index is 0.0875. The van der Waals surface area contributed by atoms with Crippen molar-refractivity contribution in [3.05, 3.63) is 27.7 Å². The molecular formula is C15H18Cl2O2. The molecule has 1 fully saturated rings. The predicted octanol–water partition coefficient (Wildman–Crippen LogP) is 5.16. The second-order valence-electron chi connectivity index (χ2n) is 5.02. The van der Waals surface area contributed by atoms with Crippen molar-refractivity contribution in [1.82, 2.24) is 0 Å². The third-order valence-corrected chi connectivity index (χ3v) is 4.34. The molecule has 0 bridgehead atoms. The van der Waals surface area contributed by atoms with Crippen molar-refractivity contribution in [2.75, 3.05) is 7.11 Å². The summed E-state index contributed by atoms with van der Waals surface area (Å²) in [6.45, 7) is 0.